The van der Waals surface area contributed by atoms with Crippen molar-refractivity contribution in [2.75, 3.05) is 5.32 Å². The fourth-order valence-electron chi connectivity index (χ4n) is 3.33. The van der Waals surface area contributed by atoms with E-state index in [1.807, 2.05) is 48.9 Å². The van der Waals surface area contributed by atoms with E-state index in [1.54, 1.807) is 18.3 Å². The minimum absolute atomic E-state index is 0.128. The number of carbonyl (C=O) groups excluding carboxylic acids is 1. The third kappa shape index (κ3) is 4.46. The molecule has 1 amide bonds. The molecule has 0 fully saturated rings. The number of para-hydroxylation sites is 1. The van der Waals surface area contributed by atoms with Crippen LogP contribution in [-0.2, 0) is 17.6 Å². The maximum atomic E-state index is 13.0. The van der Waals surface area contributed by atoms with E-state index in [2.05, 4.69) is 15.4 Å². The van der Waals surface area contributed by atoms with Crippen molar-refractivity contribution in [3.63, 3.8) is 0 Å². The average Bonchev–Trinajstić information content (AvgIpc) is 3.29. The van der Waals surface area contributed by atoms with Gasteiger partial charge in [0, 0.05) is 28.8 Å². The van der Waals surface area contributed by atoms with E-state index in [0.717, 1.165) is 33.1 Å². The Morgan fingerprint density at radius 2 is 1.83 bits per heavy atom. The zero-order chi connectivity index (χ0) is 21.1. The summed E-state index contributed by atoms with van der Waals surface area (Å²) < 4.78 is 14.9. The molecule has 0 bridgehead atoms. The summed E-state index contributed by atoms with van der Waals surface area (Å²) in [5, 5.41) is 8.03. The van der Waals surface area contributed by atoms with Crippen LogP contribution >= 0.6 is 11.3 Å². The Bertz CT molecular complexity index is 1170. The van der Waals surface area contributed by atoms with Crippen LogP contribution in [0.1, 0.15) is 27.4 Å². The summed E-state index contributed by atoms with van der Waals surface area (Å²) in [7, 11) is 0. The lowest BCUT2D eigenvalue weighted by molar-refractivity contribution is -0.115. The molecule has 152 valence electrons. The van der Waals surface area contributed by atoms with Crippen LogP contribution in [0.5, 0.6) is 0 Å². The quantitative estimate of drug-likeness (QED) is 0.485. The van der Waals surface area contributed by atoms with E-state index in [0.29, 0.717) is 11.6 Å². The van der Waals surface area contributed by atoms with Crippen LogP contribution in [0.15, 0.2) is 60.8 Å². The zero-order valence-corrected chi connectivity index (χ0v) is 17.5. The number of nitrogens with zero attached hydrogens (tertiary/aromatic N) is 3. The minimum Gasteiger partial charge on any atom is -0.302 e. The van der Waals surface area contributed by atoms with Crippen LogP contribution in [-0.4, -0.2) is 20.7 Å². The molecule has 5 nitrogen and oxygen atoms in total. The van der Waals surface area contributed by atoms with Gasteiger partial charge in [0.2, 0.25) is 5.91 Å². The second-order valence-electron chi connectivity index (χ2n) is 7.06. The molecule has 2 aromatic carbocycles. The van der Waals surface area contributed by atoms with Crippen molar-refractivity contribution < 1.29 is 9.18 Å². The first-order chi connectivity index (χ1) is 14.5. The monoisotopic (exact) mass is 420 g/mol. The highest BCUT2D eigenvalue weighted by molar-refractivity contribution is 7.15. The number of amides is 1. The first kappa shape index (κ1) is 20.0. The van der Waals surface area contributed by atoms with Crippen molar-refractivity contribution in [2.24, 2.45) is 0 Å². The maximum Gasteiger partial charge on any atom is 0.230 e. The summed E-state index contributed by atoms with van der Waals surface area (Å²) in [5.74, 6) is -0.381. The molecule has 4 rings (SSSR count). The van der Waals surface area contributed by atoms with E-state index in [-0.39, 0.29) is 18.1 Å². The SMILES string of the molecule is Cc1nn(-c2ccccc2)c(C)c1CC(=O)Nc1ncc(Cc2ccc(F)cc2)s1. The second kappa shape index (κ2) is 8.59. The van der Waals surface area contributed by atoms with Gasteiger partial charge in [-0.15, -0.1) is 11.3 Å². The van der Waals surface area contributed by atoms with Gasteiger partial charge in [-0.05, 0) is 43.7 Å². The van der Waals surface area contributed by atoms with Crippen LogP contribution in [0.2, 0.25) is 0 Å². The summed E-state index contributed by atoms with van der Waals surface area (Å²) in [6.45, 7) is 3.89. The maximum absolute atomic E-state index is 13.0. The molecule has 0 aliphatic rings. The number of anilines is 1. The summed E-state index contributed by atoms with van der Waals surface area (Å²) in [5.41, 5.74) is 4.67. The molecule has 0 radical (unpaired) electrons. The number of nitrogens with one attached hydrogen (secondary N) is 1. The highest BCUT2D eigenvalue weighted by Crippen LogP contribution is 2.23. The van der Waals surface area contributed by atoms with E-state index in [1.165, 1.54) is 23.5 Å². The number of halogens is 1. The van der Waals surface area contributed by atoms with Gasteiger partial charge in [-0.2, -0.15) is 5.10 Å². The van der Waals surface area contributed by atoms with Gasteiger partial charge in [0.05, 0.1) is 17.8 Å². The van der Waals surface area contributed by atoms with Gasteiger partial charge in [-0.25, -0.2) is 14.1 Å². The fraction of sp³-hybridized carbons (Fsp3) is 0.174. The number of rotatable bonds is 6. The fourth-order valence-corrected chi connectivity index (χ4v) is 4.19. The number of hydrogen-bond acceptors (Lipinski definition) is 4. The van der Waals surface area contributed by atoms with Gasteiger partial charge in [0.15, 0.2) is 5.13 Å². The van der Waals surface area contributed by atoms with Gasteiger partial charge in [0.1, 0.15) is 5.82 Å². The number of benzene rings is 2. The molecule has 0 spiro atoms. The van der Waals surface area contributed by atoms with Crippen molar-refractivity contribution in [3.8, 4) is 5.69 Å². The largest absolute Gasteiger partial charge is 0.302 e. The Morgan fingerprint density at radius 1 is 1.10 bits per heavy atom. The number of aromatic nitrogens is 3. The van der Waals surface area contributed by atoms with Crippen LogP contribution in [0, 0.1) is 19.7 Å². The predicted octanol–water partition coefficient (Wildman–Crippen LogP) is 4.86. The lowest BCUT2D eigenvalue weighted by Gasteiger charge is -2.05. The summed E-state index contributed by atoms with van der Waals surface area (Å²) in [6.07, 6.45) is 2.63. The molecular weight excluding hydrogens is 399 g/mol. The minimum atomic E-state index is -0.253. The molecule has 7 heteroatoms. The molecule has 1 N–H and O–H groups in total. The molecule has 2 heterocycles. The van der Waals surface area contributed by atoms with E-state index < -0.39 is 0 Å². The Kier molecular flexibility index (Phi) is 5.72. The molecule has 2 aromatic heterocycles. The molecule has 0 atom stereocenters. The molecule has 4 aromatic rings. The molecule has 0 aliphatic heterocycles. The van der Waals surface area contributed by atoms with E-state index in [9.17, 15) is 9.18 Å². The van der Waals surface area contributed by atoms with E-state index in [4.69, 9.17) is 0 Å². The first-order valence-electron chi connectivity index (χ1n) is 9.59. The first-order valence-corrected chi connectivity index (χ1v) is 10.4. The van der Waals surface area contributed by atoms with Gasteiger partial charge >= 0.3 is 0 Å². The van der Waals surface area contributed by atoms with Crippen molar-refractivity contribution in [3.05, 3.63) is 94.0 Å². The molecule has 0 saturated heterocycles. The summed E-state index contributed by atoms with van der Waals surface area (Å²) in [6, 6.07) is 16.3. The Labute approximate surface area is 178 Å². The third-order valence-electron chi connectivity index (χ3n) is 4.87. The number of carbonyl (C=O) groups is 1. The highest BCUT2D eigenvalue weighted by atomic mass is 32.1. The van der Waals surface area contributed by atoms with Crippen molar-refractivity contribution in [1.82, 2.24) is 14.8 Å². The Balaban J connectivity index is 1.42. The Hall–Kier alpha value is -3.32. The van der Waals surface area contributed by atoms with E-state index >= 15 is 0 Å². The number of aryl methyl sites for hydroxylation is 1. The number of hydrogen-bond donors (Lipinski definition) is 1. The van der Waals surface area contributed by atoms with Gasteiger partial charge in [-0.3, -0.25) is 4.79 Å². The zero-order valence-electron chi connectivity index (χ0n) is 16.7. The molecular formula is C23H21FN4OS. The molecule has 0 unspecified atom stereocenters. The summed E-state index contributed by atoms with van der Waals surface area (Å²) in [4.78, 5) is 17.9. The van der Waals surface area contributed by atoms with Crippen LogP contribution in [0.3, 0.4) is 0 Å². The smallest absolute Gasteiger partial charge is 0.230 e. The summed E-state index contributed by atoms with van der Waals surface area (Å²) >= 11 is 1.42. The van der Waals surface area contributed by atoms with Crippen molar-refractivity contribution in [2.45, 2.75) is 26.7 Å². The normalized spacial score (nSPS) is 10.9. The predicted molar refractivity (Wildman–Crippen MR) is 117 cm³/mol. The van der Waals surface area contributed by atoms with Crippen LogP contribution in [0.4, 0.5) is 9.52 Å². The highest BCUT2D eigenvalue weighted by Gasteiger charge is 2.17. The van der Waals surface area contributed by atoms with Gasteiger partial charge in [0.25, 0.3) is 0 Å². The Morgan fingerprint density at radius 3 is 2.57 bits per heavy atom. The van der Waals surface area contributed by atoms with Crippen molar-refractivity contribution in [1.29, 1.82) is 0 Å². The standard InChI is InChI=1S/C23H21FN4OS/c1-15-21(16(2)28(27-15)19-6-4-3-5-7-19)13-22(29)26-23-25-14-20(30-23)12-17-8-10-18(24)11-9-17/h3-11,14H,12-13H2,1-2H3,(H,25,26,29). The van der Waals surface area contributed by atoms with Gasteiger partial charge < -0.3 is 5.32 Å². The van der Waals surface area contributed by atoms with Crippen molar-refractivity contribution >= 4 is 22.4 Å². The molecule has 0 aliphatic carbocycles. The topological polar surface area (TPSA) is 59.8 Å². The van der Waals surface area contributed by atoms with Gasteiger partial charge in [-0.1, -0.05) is 30.3 Å². The molecule has 0 saturated carbocycles. The lowest BCUT2D eigenvalue weighted by Crippen LogP contribution is -2.15. The lowest BCUT2D eigenvalue weighted by atomic mass is 10.1. The van der Waals surface area contributed by atoms with Crippen LogP contribution in [0.25, 0.3) is 5.69 Å². The molecule has 30 heavy (non-hydrogen) atoms. The third-order valence-corrected chi connectivity index (χ3v) is 5.78. The number of thiazole rings is 1. The average molecular weight is 421 g/mol. The van der Waals surface area contributed by atoms with Crippen LogP contribution < -0.4 is 5.32 Å². The second-order valence-corrected chi connectivity index (χ2v) is 8.17.